The zero-order valence-corrected chi connectivity index (χ0v) is 9.03. The van der Waals surface area contributed by atoms with Gasteiger partial charge in [0.25, 0.3) is 0 Å². The van der Waals surface area contributed by atoms with Crippen molar-refractivity contribution in [1.29, 1.82) is 0 Å². The Morgan fingerprint density at radius 1 is 1.29 bits per heavy atom. The molecule has 1 aliphatic carbocycles. The molecule has 0 saturated heterocycles. The molecule has 4 heteroatoms. The second-order valence-electron chi connectivity index (χ2n) is 5.08. The third-order valence-electron chi connectivity index (χ3n) is 3.89. The lowest BCUT2D eigenvalue weighted by Gasteiger charge is -2.03. The highest BCUT2D eigenvalue weighted by Gasteiger charge is 2.67. The van der Waals surface area contributed by atoms with Gasteiger partial charge in [-0.05, 0) is 10.8 Å². The minimum absolute atomic E-state index is 0.156. The SMILES string of the molecule is CC1(C)C(c2nc(CO)no2)C1(C)C. The van der Waals surface area contributed by atoms with Crippen LogP contribution >= 0.6 is 0 Å². The van der Waals surface area contributed by atoms with Gasteiger partial charge in [-0.2, -0.15) is 4.98 Å². The Labute approximate surface area is 83.3 Å². The smallest absolute Gasteiger partial charge is 0.230 e. The molecule has 1 aromatic heterocycles. The van der Waals surface area contributed by atoms with Crippen molar-refractivity contribution < 1.29 is 9.63 Å². The van der Waals surface area contributed by atoms with Gasteiger partial charge in [-0.3, -0.25) is 0 Å². The molecule has 0 aromatic carbocycles. The van der Waals surface area contributed by atoms with Gasteiger partial charge in [0.2, 0.25) is 5.89 Å². The molecule has 4 nitrogen and oxygen atoms in total. The van der Waals surface area contributed by atoms with E-state index in [1.165, 1.54) is 0 Å². The lowest BCUT2D eigenvalue weighted by Crippen LogP contribution is -1.95. The van der Waals surface area contributed by atoms with Crippen molar-refractivity contribution in [3.8, 4) is 0 Å². The molecule has 0 spiro atoms. The number of nitrogens with zero attached hydrogens (tertiary/aromatic N) is 2. The van der Waals surface area contributed by atoms with E-state index in [0.717, 1.165) is 0 Å². The molecule has 0 aliphatic heterocycles. The van der Waals surface area contributed by atoms with Crippen LogP contribution in [0.2, 0.25) is 0 Å². The summed E-state index contributed by atoms with van der Waals surface area (Å²) in [7, 11) is 0. The Morgan fingerprint density at radius 2 is 1.86 bits per heavy atom. The van der Waals surface area contributed by atoms with Crippen molar-refractivity contribution in [2.24, 2.45) is 10.8 Å². The first kappa shape index (κ1) is 9.65. The molecule has 0 radical (unpaired) electrons. The molecule has 1 aliphatic rings. The highest BCUT2D eigenvalue weighted by atomic mass is 16.5. The van der Waals surface area contributed by atoms with E-state index in [1.54, 1.807) is 0 Å². The van der Waals surface area contributed by atoms with Gasteiger partial charge in [-0.25, -0.2) is 0 Å². The minimum Gasteiger partial charge on any atom is -0.388 e. The van der Waals surface area contributed by atoms with Crippen molar-refractivity contribution in [2.75, 3.05) is 0 Å². The first-order chi connectivity index (χ1) is 6.41. The van der Waals surface area contributed by atoms with Crippen LogP contribution in [-0.4, -0.2) is 15.2 Å². The monoisotopic (exact) mass is 196 g/mol. The molecule has 0 bridgehead atoms. The summed E-state index contributed by atoms with van der Waals surface area (Å²) in [5, 5.41) is 12.5. The second kappa shape index (κ2) is 2.57. The quantitative estimate of drug-likeness (QED) is 0.782. The predicted octanol–water partition coefficient (Wildman–Crippen LogP) is 1.71. The van der Waals surface area contributed by atoms with Crippen LogP contribution in [0.5, 0.6) is 0 Å². The van der Waals surface area contributed by atoms with Crippen molar-refractivity contribution in [3.05, 3.63) is 11.7 Å². The van der Waals surface area contributed by atoms with E-state index in [9.17, 15) is 0 Å². The maximum atomic E-state index is 8.83. The molecular weight excluding hydrogens is 180 g/mol. The topological polar surface area (TPSA) is 59.2 Å². The number of aliphatic hydroxyl groups is 1. The van der Waals surface area contributed by atoms with Crippen LogP contribution in [0.4, 0.5) is 0 Å². The Bertz CT molecular complexity index is 341. The molecule has 2 rings (SSSR count). The highest BCUT2D eigenvalue weighted by Crippen LogP contribution is 2.73. The van der Waals surface area contributed by atoms with Crippen LogP contribution in [0, 0.1) is 10.8 Å². The summed E-state index contributed by atoms with van der Waals surface area (Å²) in [5.41, 5.74) is 0.401. The molecule has 78 valence electrons. The average Bonchev–Trinajstić information content (AvgIpc) is 2.51. The summed E-state index contributed by atoms with van der Waals surface area (Å²) in [6.45, 7) is 8.62. The summed E-state index contributed by atoms with van der Waals surface area (Å²) in [6, 6.07) is 0. The molecule has 14 heavy (non-hydrogen) atoms. The molecular formula is C10H16N2O2. The third kappa shape index (κ3) is 1.03. The normalized spacial score (nSPS) is 23.8. The molecule has 1 saturated carbocycles. The van der Waals surface area contributed by atoms with Gasteiger partial charge in [-0.1, -0.05) is 32.9 Å². The van der Waals surface area contributed by atoms with Gasteiger partial charge in [0.1, 0.15) is 6.61 Å². The fourth-order valence-corrected chi connectivity index (χ4v) is 2.26. The van der Waals surface area contributed by atoms with Gasteiger partial charge in [0, 0.05) is 5.92 Å². The van der Waals surface area contributed by atoms with E-state index in [-0.39, 0.29) is 17.4 Å². The van der Waals surface area contributed by atoms with Gasteiger partial charge in [0.05, 0.1) is 0 Å². The third-order valence-corrected chi connectivity index (χ3v) is 3.89. The Balaban J connectivity index is 2.27. The van der Waals surface area contributed by atoms with E-state index < -0.39 is 0 Å². The van der Waals surface area contributed by atoms with Crippen molar-refractivity contribution in [1.82, 2.24) is 10.1 Å². The van der Waals surface area contributed by atoms with Crippen molar-refractivity contribution >= 4 is 0 Å². The zero-order valence-electron chi connectivity index (χ0n) is 9.03. The van der Waals surface area contributed by atoms with Crippen LogP contribution < -0.4 is 0 Å². The Hall–Kier alpha value is -0.900. The highest BCUT2D eigenvalue weighted by molar-refractivity contribution is 5.24. The van der Waals surface area contributed by atoms with Gasteiger partial charge in [-0.15, -0.1) is 0 Å². The molecule has 0 unspecified atom stereocenters. The number of aromatic nitrogens is 2. The van der Waals surface area contributed by atoms with Gasteiger partial charge < -0.3 is 9.63 Å². The van der Waals surface area contributed by atoms with Crippen molar-refractivity contribution in [3.63, 3.8) is 0 Å². The van der Waals surface area contributed by atoms with E-state index in [1.807, 2.05) is 0 Å². The second-order valence-corrected chi connectivity index (χ2v) is 5.08. The number of rotatable bonds is 2. The summed E-state index contributed by atoms with van der Waals surface area (Å²) in [6.07, 6.45) is 0. The Kier molecular flexibility index (Phi) is 1.77. The first-order valence-electron chi connectivity index (χ1n) is 4.84. The number of aliphatic hydroxyl groups excluding tert-OH is 1. The summed E-state index contributed by atoms with van der Waals surface area (Å²) < 4.78 is 5.13. The van der Waals surface area contributed by atoms with Gasteiger partial charge >= 0.3 is 0 Å². The molecule has 0 atom stereocenters. The van der Waals surface area contributed by atoms with Crippen LogP contribution in [0.3, 0.4) is 0 Å². The molecule has 0 amide bonds. The minimum atomic E-state index is -0.156. The molecule has 1 heterocycles. The molecule has 1 N–H and O–H groups in total. The van der Waals surface area contributed by atoms with E-state index in [0.29, 0.717) is 17.6 Å². The van der Waals surface area contributed by atoms with Gasteiger partial charge in [0.15, 0.2) is 5.82 Å². The van der Waals surface area contributed by atoms with Crippen LogP contribution in [0.25, 0.3) is 0 Å². The molecule has 1 fully saturated rings. The number of hydrogen-bond acceptors (Lipinski definition) is 4. The summed E-state index contributed by atoms with van der Waals surface area (Å²) in [4.78, 5) is 4.15. The standard InChI is InChI=1S/C10H16N2O2/c1-9(2)7(10(9,3)4)8-11-6(5-13)12-14-8/h7,13H,5H2,1-4H3. The average molecular weight is 196 g/mol. The van der Waals surface area contributed by atoms with Crippen LogP contribution in [-0.2, 0) is 6.61 Å². The summed E-state index contributed by atoms with van der Waals surface area (Å²) >= 11 is 0. The van der Waals surface area contributed by atoms with Crippen LogP contribution in [0.1, 0.15) is 45.3 Å². The molecule has 1 aromatic rings. The predicted molar refractivity (Wildman–Crippen MR) is 50.5 cm³/mol. The van der Waals surface area contributed by atoms with E-state index in [4.69, 9.17) is 9.63 Å². The number of hydrogen-bond donors (Lipinski definition) is 1. The maximum absolute atomic E-state index is 8.83. The van der Waals surface area contributed by atoms with E-state index >= 15 is 0 Å². The van der Waals surface area contributed by atoms with Crippen molar-refractivity contribution in [2.45, 2.75) is 40.2 Å². The lowest BCUT2D eigenvalue weighted by atomic mass is 10.0. The lowest BCUT2D eigenvalue weighted by molar-refractivity contribution is 0.262. The Morgan fingerprint density at radius 3 is 2.21 bits per heavy atom. The fraction of sp³-hybridized carbons (Fsp3) is 0.800. The van der Waals surface area contributed by atoms with Crippen LogP contribution in [0.15, 0.2) is 4.52 Å². The van der Waals surface area contributed by atoms with E-state index in [2.05, 4.69) is 37.8 Å². The fourth-order valence-electron chi connectivity index (χ4n) is 2.26. The maximum Gasteiger partial charge on any atom is 0.230 e. The summed E-state index contributed by atoms with van der Waals surface area (Å²) in [5.74, 6) is 1.34. The first-order valence-corrected chi connectivity index (χ1v) is 4.84. The largest absolute Gasteiger partial charge is 0.388 e. The zero-order chi connectivity index (χ0) is 10.6.